The summed E-state index contributed by atoms with van der Waals surface area (Å²) in [4.78, 5) is 4.26. The second-order valence-electron chi connectivity index (χ2n) is 4.66. The van der Waals surface area contributed by atoms with Crippen molar-refractivity contribution in [2.24, 2.45) is 4.99 Å². The normalized spacial score (nSPS) is 16.1. The molecule has 0 heterocycles. The zero-order valence-corrected chi connectivity index (χ0v) is 15.4. The van der Waals surface area contributed by atoms with Crippen LogP contribution in [0.4, 0.5) is 5.69 Å². The summed E-state index contributed by atoms with van der Waals surface area (Å²) >= 11 is 7.51. The van der Waals surface area contributed by atoms with Gasteiger partial charge >= 0.3 is 0 Å². The first-order valence-electron chi connectivity index (χ1n) is 6.97. The first-order chi connectivity index (χ1) is 9.92. The molecule has 0 fully saturated rings. The molecule has 1 N–H and O–H groups in total. The Kier molecular flexibility index (Phi) is 7.82. The molecule has 0 saturated heterocycles. The average Bonchev–Trinajstić information content (AvgIpc) is 2.48. The number of hydrogen-bond donors (Lipinski definition) is 1. The van der Waals surface area contributed by atoms with Crippen LogP contribution in [0.25, 0.3) is 0 Å². The summed E-state index contributed by atoms with van der Waals surface area (Å²) in [5, 5.41) is 3.87. The second kappa shape index (κ2) is 8.84. The van der Waals surface area contributed by atoms with Crippen molar-refractivity contribution in [1.82, 2.24) is 9.76 Å². The minimum atomic E-state index is -2.73. The van der Waals surface area contributed by atoms with E-state index in [4.69, 9.17) is 11.6 Å². The minimum Gasteiger partial charge on any atom is -0.307 e. The van der Waals surface area contributed by atoms with Crippen molar-refractivity contribution in [1.29, 1.82) is 0 Å². The van der Waals surface area contributed by atoms with Crippen LogP contribution in [-0.2, 0) is 4.57 Å². The fraction of sp³-hybridized carbons (Fsp3) is 0.500. The van der Waals surface area contributed by atoms with Crippen molar-refractivity contribution >= 4 is 41.7 Å². The van der Waals surface area contributed by atoms with E-state index >= 15 is 0 Å². The SMILES string of the molecule is CCC(C)SP(=O)(NC=Nc1ccccc1Cl)N(C)CC. The molecule has 2 unspecified atom stereocenters. The van der Waals surface area contributed by atoms with Gasteiger partial charge in [-0.25, -0.2) is 9.66 Å². The molecular formula is C14H23ClN3OPS. The van der Waals surface area contributed by atoms with Crippen molar-refractivity contribution < 1.29 is 4.57 Å². The number of benzene rings is 1. The number of halogens is 1. The highest BCUT2D eigenvalue weighted by Crippen LogP contribution is 2.58. The van der Waals surface area contributed by atoms with Gasteiger partial charge in [0.2, 0.25) is 0 Å². The largest absolute Gasteiger partial charge is 0.307 e. The molecule has 0 aliphatic rings. The van der Waals surface area contributed by atoms with E-state index in [0.717, 1.165) is 6.42 Å². The summed E-state index contributed by atoms with van der Waals surface area (Å²) in [6.07, 6.45) is 2.46. The van der Waals surface area contributed by atoms with Crippen molar-refractivity contribution in [2.45, 2.75) is 32.4 Å². The summed E-state index contributed by atoms with van der Waals surface area (Å²) in [7, 11) is 1.85. The maximum Gasteiger partial charge on any atom is 0.293 e. The van der Waals surface area contributed by atoms with Gasteiger partial charge in [0.15, 0.2) is 0 Å². The molecule has 0 bridgehead atoms. The number of para-hydroxylation sites is 1. The van der Waals surface area contributed by atoms with Crippen LogP contribution < -0.4 is 5.09 Å². The Bertz CT molecular complexity index is 527. The Morgan fingerprint density at radius 1 is 1.48 bits per heavy atom. The summed E-state index contributed by atoms with van der Waals surface area (Å²) in [6, 6.07) is 7.31. The predicted octanol–water partition coefficient (Wildman–Crippen LogP) is 5.18. The van der Waals surface area contributed by atoms with Crippen molar-refractivity contribution in [2.75, 3.05) is 13.6 Å². The minimum absolute atomic E-state index is 0.311. The van der Waals surface area contributed by atoms with Crippen molar-refractivity contribution in [3.8, 4) is 0 Å². The standard InChI is InChI=1S/C14H23ClN3OPS/c1-5-12(3)21-20(19,18(4)6-2)17-11-16-14-10-8-7-9-13(14)15/h7-12H,5-6H2,1-4H3,(H,16,17,19). The topological polar surface area (TPSA) is 44.7 Å². The fourth-order valence-corrected chi connectivity index (χ4v) is 6.32. The predicted molar refractivity (Wildman–Crippen MR) is 96.0 cm³/mol. The molecule has 0 aliphatic carbocycles. The zero-order valence-electron chi connectivity index (χ0n) is 12.9. The van der Waals surface area contributed by atoms with Crippen LogP contribution in [-0.4, -0.2) is 29.9 Å². The van der Waals surface area contributed by atoms with E-state index in [-0.39, 0.29) is 0 Å². The van der Waals surface area contributed by atoms with E-state index in [1.165, 1.54) is 17.7 Å². The second-order valence-corrected chi connectivity index (χ2v) is 10.2. The van der Waals surface area contributed by atoms with Gasteiger partial charge in [-0.3, -0.25) is 4.57 Å². The van der Waals surface area contributed by atoms with E-state index in [0.29, 0.717) is 22.5 Å². The van der Waals surface area contributed by atoms with E-state index < -0.39 is 6.65 Å². The summed E-state index contributed by atoms with van der Waals surface area (Å²) < 4.78 is 14.9. The van der Waals surface area contributed by atoms with Gasteiger partial charge in [0.1, 0.15) is 0 Å². The van der Waals surface area contributed by atoms with Crippen molar-refractivity contribution in [3.05, 3.63) is 29.3 Å². The van der Waals surface area contributed by atoms with E-state index in [2.05, 4.69) is 23.9 Å². The van der Waals surface area contributed by atoms with Gasteiger partial charge in [-0.1, -0.05) is 55.9 Å². The summed E-state index contributed by atoms with van der Waals surface area (Å²) in [6.45, 7) is 4.12. The number of nitrogens with zero attached hydrogens (tertiary/aromatic N) is 2. The summed E-state index contributed by atoms with van der Waals surface area (Å²) in [5.41, 5.74) is 0.658. The lowest BCUT2D eigenvalue weighted by molar-refractivity contribution is 0.494. The number of nitrogens with one attached hydrogen (secondary N) is 1. The molecule has 1 rings (SSSR count). The maximum atomic E-state index is 13.0. The van der Waals surface area contributed by atoms with Crippen LogP contribution in [0.2, 0.25) is 5.02 Å². The monoisotopic (exact) mass is 347 g/mol. The Hall–Kier alpha value is -0.480. The third-order valence-electron chi connectivity index (χ3n) is 3.08. The highest BCUT2D eigenvalue weighted by molar-refractivity contribution is 8.57. The molecule has 21 heavy (non-hydrogen) atoms. The van der Waals surface area contributed by atoms with Gasteiger partial charge < -0.3 is 5.09 Å². The third-order valence-corrected chi connectivity index (χ3v) is 9.09. The molecule has 1 aromatic carbocycles. The van der Waals surface area contributed by atoms with Crippen molar-refractivity contribution in [3.63, 3.8) is 0 Å². The average molecular weight is 348 g/mol. The van der Waals surface area contributed by atoms with Gasteiger partial charge in [0, 0.05) is 11.8 Å². The zero-order chi connectivity index (χ0) is 15.9. The third kappa shape index (κ3) is 5.67. The first-order valence-corrected chi connectivity index (χ1v) is 10.5. The summed E-state index contributed by atoms with van der Waals surface area (Å²) in [5.74, 6) is 0. The fourth-order valence-electron chi connectivity index (χ4n) is 1.44. The number of hydrogen-bond acceptors (Lipinski definition) is 3. The van der Waals surface area contributed by atoms with Crippen LogP contribution in [0.1, 0.15) is 27.2 Å². The van der Waals surface area contributed by atoms with Crippen LogP contribution in [0, 0.1) is 0 Å². The van der Waals surface area contributed by atoms with Crippen LogP contribution >= 0.6 is 29.6 Å². The van der Waals surface area contributed by atoms with E-state index in [9.17, 15) is 4.57 Å². The lowest BCUT2D eigenvalue weighted by Crippen LogP contribution is -2.23. The molecule has 0 aromatic heterocycles. The molecule has 1 aromatic rings. The highest BCUT2D eigenvalue weighted by atomic mass is 35.5. The number of rotatable bonds is 8. The lowest BCUT2D eigenvalue weighted by Gasteiger charge is -2.28. The molecular weight excluding hydrogens is 325 g/mol. The van der Waals surface area contributed by atoms with Crippen LogP contribution in [0.15, 0.2) is 29.3 Å². The van der Waals surface area contributed by atoms with Gasteiger partial charge in [-0.2, -0.15) is 0 Å². The maximum absolute atomic E-state index is 13.0. The molecule has 0 aliphatic heterocycles. The van der Waals surface area contributed by atoms with Gasteiger partial charge in [0.05, 0.1) is 17.0 Å². The molecule has 0 spiro atoms. The Morgan fingerprint density at radius 2 is 2.14 bits per heavy atom. The molecule has 7 heteroatoms. The molecule has 118 valence electrons. The molecule has 0 radical (unpaired) electrons. The van der Waals surface area contributed by atoms with Gasteiger partial charge in [-0.15, -0.1) is 0 Å². The molecule has 2 atom stereocenters. The quantitative estimate of drug-likeness (QED) is 0.399. The Morgan fingerprint density at radius 3 is 2.71 bits per heavy atom. The molecule has 0 saturated carbocycles. The smallest absolute Gasteiger partial charge is 0.293 e. The van der Waals surface area contributed by atoms with Gasteiger partial charge in [0.25, 0.3) is 6.65 Å². The van der Waals surface area contributed by atoms with Gasteiger partial charge in [-0.05, 0) is 25.6 Å². The number of aliphatic imine (C=N–C) groups is 1. The molecule has 0 amide bonds. The molecule has 4 nitrogen and oxygen atoms in total. The van der Waals surface area contributed by atoms with Crippen LogP contribution in [0.5, 0.6) is 0 Å². The van der Waals surface area contributed by atoms with E-state index in [1.807, 2.05) is 36.8 Å². The Labute approximate surface area is 136 Å². The van der Waals surface area contributed by atoms with E-state index in [1.54, 1.807) is 6.07 Å². The lowest BCUT2D eigenvalue weighted by atomic mass is 10.3. The Balaban J connectivity index is 2.83. The van der Waals surface area contributed by atoms with Crippen LogP contribution in [0.3, 0.4) is 0 Å². The highest BCUT2D eigenvalue weighted by Gasteiger charge is 2.28. The first kappa shape index (κ1) is 18.6.